The van der Waals surface area contributed by atoms with Gasteiger partial charge in [-0.05, 0) is 0 Å². The Balaban J connectivity index is 2.41. The van der Waals surface area contributed by atoms with E-state index in [1.54, 1.807) is 38.1 Å². The van der Waals surface area contributed by atoms with Crippen molar-refractivity contribution in [2.24, 2.45) is 5.41 Å². The van der Waals surface area contributed by atoms with Gasteiger partial charge in [-0.3, -0.25) is 9.59 Å². The number of carbonyl (C=O) groups excluding carboxylic acids is 2. The summed E-state index contributed by atoms with van der Waals surface area (Å²) in [5.74, 6) is -0.647. The Morgan fingerprint density at radius 2 is 1.85 bits per heavy atom. The first-order chi connectivity index (χ1) is 9.38. The number of benzene rings is 1. The molecule has 0 spiro atoms. The van der Waals surface area contributed by atoms with E-state index in [9.17, 15) is 14.7 Å². The van der Waals surface area contributed by atoms with Gasteiger partial charge < -0.3 is 15.5 Å². The molecule has 1 aromatic carbocycles. The van der Waals surface area contributed by atoms with Crippen molar-refractivity contribution in [3.8, 4) is 0 Å². The molecule has 0 heterocycles. The van der Waals surface area contributed by atoms with E-state index in [2.05, 4.69) is 5.32 Å². The third-order valence-corrected chi connectivity index (χ3v) is 3.14. The second kappa shape index (κ2) is 7.17. The Morgan fingerprint density at radius 3 is 2.40 bits per heavy atom. The summed E-state index contributed by atoms with van der Waals surface area (Å²) < 4.78 is 0. The maximum atomic E-state index is 11.8. The lowest BCUT2D eigenvalue weighted by Gasteiger charge is -2.27. The van der Waals surface area contributed by atoms with E-state index in [1.807, 2.05) is 6.07 Å². The van der Waals surface area contributed by atoms with Crippen LogP contribution in [0.5, 0.6) is 0 Å². The lowest BCUT2D eigenvalue weighted by molar-refractivity contribution is -0.137. The predicted octanol–water partition coefficient (Wildman–Crippen LogP) is 0.755. The Kier molecular flexibility index (Phi) is 5.85. The van der Waals surface area contributed by atoms with Crippen LogP contribution in [0.15, 0.2) is 30.3 Å². The number of nitrogens with one attached hydrogen (secondary N) is 1. The van der Waals surface area contributed by atoms with Gasteiger partial charge in [0, 0.05) is 23.9 Å². The van der Waals surface area contributed by atoms with E-state index in [1.165, 1.54) is 0 Å². The summed E-state index contributed by atoms with van der Waals surface area (Å²) in [6, 6.07) is 8.81. The highest BCUT2D eigenvalue weighted by Gasteiger charge is 2.32. The minimum Gasteiger partial charge on any atom is -0.396 e. The van der Waals surface area contributed by atoms with Gasteiger partial charge in [0.25, 0.3) is 0 Å². The van der Waals surface area contributed by atoms with Crippen LogP contribution in [-0.4, -0.2) is 41.2 Å². The molecule has 0 aliphatic carbocycles. The van der Waals surface area contributed by atoms with Crippen LogP contribution in [0.3, 0.4) is 0 Å². The van der Waals surface area contributed by atoms with Gasteiger partial charge in [0.05, 0.1) is 6.61 Å². The molecule has 0 saturated carbocycles. The Labute approximate surface area is 118 Å². The summed E-state index contributed by atoms with van der Waals surface area (Å²) >= 11 is 0. The fraction of sp³-hybridized carbons (Fsp3) is 0.467. The maximum Gasteiger partial charge on any atom is 0.249 e. The fourth-order valence-electron chi connectivity index (χ4n) is 1.61. The number of aliphatic hydroxyl groups excluding tert-OH is 2. The van der Waals surface area contributed by atoms with E-state index in [4.69, 9.17) is 5.11 Å². The fourth-order valence-corrected chi connectivity index (χ4v) is 1.61. The Hall–Kier alpha value is -1.72. The van der Waals surface area contributed by atoms with Crippen molar-refractivity contribution in [2.75, 3.05) is 13.2 Å². The molecule has 0 aromatic heterocycles. The molecule has 0 bridgehead atoms. The Bertz CT molecular complexity index is 456. The van der Waals surface area contributed by atoms with Gasteiger partial charge in [-0.1, -0.05) is 44.2 Å². The molecule has 0 aliphatic heterocycles. The number of amides is 1. The van der Waals surface area contributed by atoms with Gasteiger partial charge in [0.2, 0.25) is 5.91 Å². The van der Waals surface area contributed by atoms with Crippen LogP contribution >= 0.6 is 0 Å². The summed E-state index contributed by atoms with van der Waals surface area (Å²) in [4.78, 5) is 23.5. The summed E-state index contributed by atoms with van der Waals surface area (Å²) in [5, 5.41) is 21.4. The van der Waals surface area contributed by atoms with Gasteiger partial charge in [-0.15, -0.1) is 0 Å². The average Bonchev–Trinajstić information content (AvgIpc) is 2.47. The number of hydrogen-bond donors (Lipinski definition) is 3. The molecule has 1 aromatic rings. The number of carbonyl (C=O) groups is 2. The van der Waals surface area contributed by atoms with Gasteiger partial charge in [-0.2, -0.15) is 0 Å². The van der Waals surface area contributed by atoms with Crippen molar-refractivity contribution in [2.45, 2.75) is 26.4 Å². The molecule has 20 heavy (non-hydrogen) atoms. The zero-order chi connectivity index (χ0) is 15.2. The average molecular weight is 279 g/mol. The lowest BCUT2D eigenvalue weighted by atomic mass is 9.87. The summed E-state index contributed by atoms with van der Waals surface area (Å²) in [5.41, 5.74) is -0.314. The minimum absolute atomic E-state index is 0.0678. The number of aliphatic hydroxyl groups is 2. The zero-order valence-corrected chi connectivity index (χ0v) is 11.8. The normalized spacial score (nSPS) is 12.8. The van der Waals surface area contributed by atoms with Crippen LogP contribution < -0.4 is 5.32 Å². The van der Waals surface area contributed by atoms with E-state index >= 15 is 0 Å². The molecule has 0 unspecified atom stereocenters. The monoisotopic (exact) mass is 279 g/mol. The van der Waals surface area contributed by atoms with Crippen LogP contribution in [0.2, 0.25) is 0 Å². The van der Waals surface area contributed by atoms with Gasteiger partial charge in [0.15, 0.2) is 5.78 Å². The quantitative estimate of drug-likeness (QED) is 0.643. The minimum atomic E-state index is -1.31. The third-order valence-electron chi connectivity index (χ3n) is 3.14. The van der Waals surface area contributed by atoms with Crippen molar-refractivity contribution in [3.63, 3.8) is 0 Å². The van der Waals surface area contributed by atoms with Crippen molar-refractivity contribution in [1.29, 1.82) is 0 Å². The van der Waals surface area contributed by atoms with E-state index in [0.29, 0.717) is 5.56 Å². The molecule has 0 aliphatic rings. The molecule has 5 nitrogen and oxygen atoms in total. The van der Waals surface area contributed by atoms with Crippen LogP contribution in [0.1, 0.15) is 30.6 Å². The first-order valence-electron chi connectivity index (χ1n) is 6.53. The van der Waals surface area contributed by atoms with Crippen LogP contribution in [-0.2, 0) is 4.79 Å². The second-order valence-corrected chi connectivity index (χ2v) is 5.38. The van der Waals surface area contributed by atoms with Crippen LogP contribution in [0.4, 0.5) is 0 Å². The predicted molar refractivity (Wildman–Crippen MR) is 75.3 cm³/mol. The van der Waals surface area contributed by atoms with Crippen molar-refractivity contribution < 1.29 is 19.8 Å². The highest BCUT2D eigenvalue weighted by molar-refractivity contribution is 5.96. The van der Waals surface area contributed by atoms with Gasteiger partial charge >= 0.3 is 0 Å². The molecule has 1 rings (SSSR count). The van der Waals surface area contributed by atoms with E-state index < -0.39 is 17.4 Å². The van der Waals surface area contributed by atoms with Crippen LogP contribution in [0.25, 0.3) is 0 Å². The Morgan fingerprint density at radius 1 is 1.25 bits per heavy atom. The molecule has 1 atom stereocenters. The third kappa shape index (κ3) is 4.43. The molecular weight excluding hydrogens is 258 g/mol. The summed E-state index contributed by atoms with van der Waals surface area (Å²) in [7, 11) is 0. The van der Waals surface area contributed by atoms with Crippen molar-refractivity contribution >= 4 is 11.7 Å². The molecule has 0 fully saturated rings. The molecule has 110 valence electrons. The largest absolute Gasteiger partial charge is 0.396 e. The topological polar surface area (TPSA) is 86.6 Å². The van der Waals surface area contributed by atoms with E-state index in [0.717, 1.165) is 0 Å². The molecule has 1 amide bonds. The second-order valence-electron chi connectivity index (χ2n) is 5.38. The first kappa shape index (κ1) is 16.3. The number of ketones is 1. The smallest absolute Gasteiger partial charge is 0.249 e. The van der Waals surface area contributed by atoms with E-state index in [-0.39, 0.29) is 25.4 Å². The van der Waals surface area contributed by atoms with Gasteiger partial charge in [0.1, 0.15) is 6.10 Å². The van der Waals surface area contributed by atoms with Crippen molar-refractivity contribution in [1.82, 2.24) is 5.32 Å². The maximum absolute atomic E-state index is 11.8. The lowest BCUT2D eigenvalue weighted by Crippen LogP contribution is -2.45. The highest BCUT2D eigenvalue weighted by atomic mass is 16.3. The standard InChI is InChI=1S/C15H21NO4/c1-15(2,10-17)13(19)14(20)16-9-8-12(18)11-6-4-3-5-7-11/h3-7,13,17,19H,8-10H2,1-2H3,(H,16,20)/t13-/m1/s1. The highest BCUT2D eigenvalue weighted by Crippen LogP contribution is 2.19. The molecule has 0 radical (unpaired) electrons. The summed E-state index contributed by atoms with van der Waals surface area (Å²) in [6.07, 6.45) is -1.14. The first-order valence-corrected chi connectivity index (χ1v) is 6.53. The number of Topliss-reactive ketones (excluding diaryl/α,β-unsaturated/α-hetero) is 1. The SMILES string of the molecule is CC(C)(CO)[C@H](O)C(=O)NCCC(=O)c1ccccc1. The zero-order valence-electron chi connectivity index (χ0n) is 11.8. The van der Waals surface area contributed by atoms with Crippen molar-refractivity contribution in [3.05, 3.63) is 35.9 Å². The number of rotatable bonds is 7. The van der Waals surface area contributed by atoms with Gasteiger partial charge in [-0.25, -0.2) is 0 Å². The molecule has 0 saturated heterocycles. The summed E-state index contributed by atoms with van der Waals surface area (Å²) in [6.45, 7) is 3.04. The molecular formula is C15H21NO4. The van der Waals surface area contributed by atoms with Crippen LogP contribution in [0, 0.1) is 5.41 Å². The number of hydrogen-bond acceptors (Lipinski definition) is 4. The molecule has 5 heteroatoms. The molecule has 3 N–H and O–H groups in total.